The Morgan fingerprint density at radius 2 is 1.91 bits per heavy atom. The molecule has 2 aliphatic rings. The lowest BCUT2D eigenvalue weighted by Crippen LogP contribution is -2.46. The maximum absolute atomic E-state index is 12.3. The second kappa shape index (κ2) is 7.97. The minimum atomic E-state index is -0.919. The molecule has 2 rings (SSSR count). The van der Waals surface area contributed by atoms with Gasteiger partial charge in [-0.2, -0.15) is 0 Å². The molecule has 23 heavy (non-hydrogen) atoms. The number of urea groups is 1. The predicted octanol–water partition coefficient (Wildman–Crippen LogP) is 0.587. The molecule has 132 valence electrons. The molecule has 0 saturated carbocycles. The Morgan fingerprint density at radius 3 is 2.39 bits per heavy atom. The Hall–Kier alpha value is -1.34. The van der Waals surface area contributed by atoms with Crippen LogP contribution >= 0.6 is 12.4 Å². The van der Waals surface area contributed by atoms with Gasteiger partial charge in [0.2, 0.25) is 5.91 Å². The lowest BCUT2D eigenvalue weighted by atomic mass is 9.93. The molecule has 7 nitrogen and oxygen atoms in total. The lowest BCUT2D eigenvalue weighted by Gasteiger charge is -2.32. The summed E-state index contributed by atoms with van der Waals surface area (Å²) in [6.07, 6.45) is 3.10. The molecule has 2 aliphatic heterocycles. The van der Waals surface area contributed by atoms with Crippen molar-refractivity contribution in [2.75, 3.05) is 33.2 Å². The van der Waals surface area contributed by atoms with Crippen LogP contribution in [-0.4, -0.2) is 66.4 Å². The summed E-state index contributed by atoms with van der Waals surface area (Å²) in [7, 11) is 1.94. The van der Waals surface area contributed by atoms with Crippen LogP contribution in [0.5, 0.6) is 0 Å². The summed E-state index contributed by atoms with van der Waals surface area (Å²) in [6.45, 7) is 5.54. The number of hydrogen-bond donors (Lipinski definition) is 2. The summed E-state index contributed by atoms with van der Waals surface area (Å²) in [4.78, 5) is 39.0. The minimum Gasteiger partial charge on any atom is -0.341 e. The maximum Gasteiger partial charge on any atom is 0.325 e. The van der Waals surface area contributed by atoms with Gasteiger partial charge in [0.25, 0.3) is 5.91 Å². The van der Waals surface area contributed by atoms with E-state index in [-0.39, 0.29) is 30.8 Å². The molecule has 2 heterocycles. The van der Waals surface area contributed by atoms with E-state index in [1.807, 2.05) is 7.05 Å². The van der Waals surface area contributed by atoms with Crippen molar-refractivity contribution in [2.24, 2.45) is 5.92 Å². The zero-order chi connectivity index (χ0) is 16.3. The van der Waals surface area contributed by atoms with Crippen molar-refractivity contribution in [3.8, 4) is 0 Å². The number of amides is 4. The van der Waals surface area contributed by atoms with Gasteiger partial charge < -0.3 is 15.5 Å². The maximum atomic E-state index is 12.3. The van der Waals surface area contributed by atoms with Crippen LogP contribution < -0.4 is 10.6 Å². The Morgan fingerprint density at radius 1 is 1.30 bits per heavy atom. The smallest absolute Gasteiger partial charge is 0.325 e. The molecule has 0 aromatic carbocycles. The fraction of sp³-hybridized carbons (Fsp3) is 0.800. The fourth-order valence-corrected chi connectivity index (χ4v) is 3.02. The summed E-state index contributed by atoms with van der Waals surface area (Å²) in [5.74, 6) is 0.162. The summed E-state index contributed by atoms with van der Waals surface area (Å²) in [6, 6.07) is -0.479. The molecule has 2 N–H and O–H groups in total. The van der Waals surface area contributed by atoms with E-state index in [0.717, 1.165) is 30.7 Å². The van der Waals surface area contributed by atoms with Crippen molar-refractivity contribution in [3.63, 3.8) is 0 Å². The molecular formula is C15H27ClN4O3. The van der Waals surface area contributed by atoms with E-state index in [1.54, 1.807) is 18.7 Å². The van der Waals surface area contributed by atoms with Crippen LogP contribution in [0.25, 0.3) is 0 Å². The first-order chi connectivity index (χ1) is 10.3. The molecule has 0 unspecified atom stereocenters. The van der Waals surface area contributed by atoms with Crippen molar-refractivity contribution >= 4 is 30.3 Å². The van der Waals surface area contributed by atoms with Crippen molar-refractivity contribution in [1.82, 2.24) is 20.4 Å². The highest BCUT2D eigenvalue weighted by Crippen LogP contribution is 2.21. The molecule has 2 fully saturated rings. The molecule has 0 bridgehead atoms. The number of piperidine rings is 1. The topological polar surface area (TPSA) is 81.8 Å². The van der Waals surface area contributed by atoms with E-state index >= 15 is 0 Å². The summed E-state index contributed by atoms with van der Waals surface area (Å²) < 4.78 is 0. The van der Waals surface area contributed by atoms with Gasteiger partial charge in [-0.15, -0.1) is 12.4 Å². The molecule has 4 amide bonds. The molecular weight excluding hydrogens is 320 g/mol. The van der Waals surface area contributed by atoms with Crippen molar-refractivity contribution in [1.29, 1.82) is 0 Å². The third kappa shape index (κ3) is 4.57. The number of halogens is 1. The molecule has 0 radical (unpaired) electrons. The molecule has 0 aromatic rings. The zero-order valence-electron chi connectivity index (χ0n) is 14.1. The van der Waals surface area contributed by atoms with Crippen LogP contribution in [0.1, 0.15) is 33.1 Å². The van der Waals surface area contributed by atoms with Crippen molar-refractivity contribution < 1.29 is 14.4 Å². The van der Waals surface area contributed by atoms with E-state index in [0.29, 0.717) is 19.0 Å². The minimum absolute atomic E-state index is 0. The summed E-state index contributed by atoms with van der Waals surface area (Å²) in [5.41, 5.74) is -0.919. The quantitative estimate of drug-likeness (QED) is 0.714. The highest BCUT2D eigenvalue weighted by Gasteiger charge is 2.45. The third-order valence-electron chi connectivity index (χ3n) is 4.51. The van der Waals surface area contributed by atoms with Gasteiger partial charge in [-0.1, -0.05) is 0 Å². The van der Waals surface area contributed by atoms with Gasteiger partial charge in [-0.3, -0.25) is 14.5 Å². The predicted molar refractivity (Wildman–Crippen MR) is 89.4 cm³/mol. The average Bonchev–Trinajstić information content (AvgIpc) is 2.67. The first-order valence-corrected chi connectivity index (χ1v) is 7.91. The second-order valence-corrected chi connectivity index (χ2v) is 6.66. The average molecular weight is 347 g/mol. The number of rotatable bonds is 5. The second-order valence-electron chi connectivity index (χ2n) is 6.66. The molecule has 0 spiro atoms. The van der Waals surface area contributed by atoms with Gasteiger partial charge in [-0.05, 0) is 52.6 Å². The lowest BCUT2D eigenvalue weighted by molar-refractivity contribution is -0.139. The molecule has 0 aliphatic carbocycles. The van der Waals surface area contributed by atoms with Crippen LogP contribution in [0.2, 0.25) is 0 Å². The SMILES string of the molecule is CNCCC1CCN(C(=O)CN2C(=O)NC(C)(C)C2=O)CC1.Cl. The number of carbonyl (C=O) groups excluding carboxylic acids is 3. The monoisotopic (exact) mass is 346 g/mol. The van der Waals surface area contributed by atoms with Gasteiger partial charge in [0, 0.05) is 13.1 Å². The first-order valence-electron chi connectivity index (χ1n) is 7.91. The highest BCUT2D eigenvalue weighted by atomic mass is 35.5. The summed E-state index contributed by atoms with van der Waals surface area (Å²) in [5, 5.41) is 5.74. The number of nitrogens with one attached hydrogen (secondary N) is 2. The van der Waals surface area contributed by atoms with Crippen LogP contribution in [-0.2, 0) is 9.59 Å². The first kappa shape index (κ1) is 19.7. The van der Waals surface area contributed by atoms with Gasteiger partial charge in [0.15, 0.2) is 0 Å². The van der Waals surface area contributed by atoms with Crippen molar-refractivity contribution in [2.45, 2.75) is 38.6 Å². The third-order valence-corrected chi connectivity index (χ3v) is 4.51. The zero-order valence-corrected chi connectivity index (χ0v) is 14.9. The summed E-state index contributed by atoms with van der Waals surface area (Å²) >= 11 is 0. The van der Waals surface area contributed by atoms with Gasteiger partial charge in [-0.25, -0.2) is 4.79 Å². The Bertz CT molecular complexity index is 462. The van der Waals surface area contributed by atoms with Crippen LogP contribution in [0, 0.1) is 5.92 Å². The standard InChI is InChI=1S/C15H26N4O3.ClH/c1-15(2)13(21)19(14(22)17-15)10-12(20)18-8-5-11(6-9-18)4-7-16-3;/h11,16H,4-10H2,1-3H3,(H,17,22);1H. The molecule has 2 saturated heterocycles. The van der Waals surface area contributed by atoms with Crippen molar-refractivity contribution in [3.05, 3.63) is 0 Å². The highest BCUT2D eigenvalue weighted by molar-refractivity contribution is 6.08. The Balaban J connectivity index is 0.00000264. The van der Waals surface area contributed by atoms with E-state index in [9.17, 15) is 14.4 Å². The number of likely N-dealkylation sites (tertiary alicyclic amines) is 1. The van der Waals surface area contributed by atoms with Gasteiger partial charge in [0.05, 0.1) is 0 Å². The van der Waals surface area contributed by atoms with E-state index in [2.05, 4.69) is 10.6 Å². The molecule has 0 atom stereocenters. The Kier molecular flexibility index (Phi) is 6.83. The van der Waals surface area contributed by atoms with Crippen LogP contribution in [0.3, 0.4) is 0 Å². The van der Waals surface area contributed by atoms with E-state index in [1.165, 1.54) is 0 Å². The van der Waals surface area contributed by atoms with E-state index in [4.69, 9.17) is 0 Å². The Labute approximate surface area is 143 Å². The van der Waals surface area contributed by atoms with E-state index < -0.39 is 11.6 Å². The van der Waals surface area contributed by atoms with Crippen LogP contribution in [0.15, 0.2) is 0 Å². The molecule has 8 heteroatoms. The number of imide groups is 1. The number of hydrogen-bond acceptors (Lipinski definition) is 4. The van der Waals surface area contributed by atoms with Gasteiger partial charge in [0.1, 0.15) is 12.1 Å². The van der Waals surface area contributed by atoms with Crippen LogP contribution in [0.4, 0.5) is 4.79 Å². The normalized spacial score (nSPS) is 21.2. The largest absolute Gasteiger partial charge is 0.341 e. The van der Waals surface area contributed by atoms with Gasteiger partial charge >= 0.3 is 6.03 Å². The molecule has 0 aromatic heterocycles. The number of carbonyl (C=O) groups is 3. The fourth-order valence-electron chi connectivity index (χ4n) is 3.02. The number of nitrogens with zero attached hydrogens (tertiary/aromatic N) is 2.